The molecule has 1 aromatic heterocycles. The molecular formula is C17H19Cl2N3O. The molecule has 0 spiro atoms. The minimum Gasteiger partial charge on any atom is -0.353 e. The molecule has 1 heterocycles. The van der Waals surface area contributed by atoms with Crippen molar-refractivity contribution in [2.75, 3.05) is 11.9 Å². The number of benzene rings is 1. The van der Waals surface area contributed by atoms with Gasteiger partial charge in [0, 0.05) is 6.54 Å². The number of aromatic nitrogens is 1. The first-order valence-electron chi connectivity index (χ1n) is 7.57. The molecule has 4 nitrogen and oxygen atoms in total. The van der Waals surface area contributed by atoms with Crippen LogP contribution in [0.4, 0.5) is 11.4 Å². The van der Waals surface area contributed by atoms with Crippen LogP contribution in [0.25, 0.3) is 0 Å². The lowest BCUT2D eigenvalue weighted by atomic mass is 10.2. The first-order valence-corrected chi connectivity index (χ1v) is 8.32. The number of rotatable bonds is 7. The van der Waals surface area contributed by atoms with E-state index in [0.717, 1.165) is 24.9 Å². The summed E-state index contributed by atoms with van der Waals surface area (Å²) in [5.74, 6) is -0.159. The summed E-state index contributed by atoms with van der Waals surface area (Å²) >= 11 is 12.1. The van der Waals surface area contributed by atoms with Gasteiger partial charge in [0.05, 0.1) is 27.6 Å². The number of halogens is 2. The number of nitrogens with one attached hydrogen (secondary N) is 2. The quantitative estimate of drug-likeness (QED) is 0.686. The fourth-order valence-corrected chi connectivity index (χ4v) is 2.37. The van der Waals surface area contributed by atoms with E-state index in [9.17, 15) is 4.79 Å². The summed E-state index contributed by atoms with van der Waals surface area (Å²) in [5.41, 5.74) is 1.82. The summed E-state index contributed by atoms with van der Waals surface area (Å²) in [6.07, 6.45) is 4.81. The summed E-state index contributed by atoms with van der Waals surface area (Å²) in [4.78, 5) is 16.1. The Morgan fingerprint density at radius 3 is 2.70 bits per heavy atom. The van der Waals surface area contributed by atoms with E-state index >= 15 is 0 Å². The molecule has 0 bridgehead atoms. The number of pyridine rings is 1. The molecule has 0 aliphatic rings. The van der Waals surface area contributed by atoms with Crippen molar-refractivity contribution in [1.82, 2.24) is 10.3 Å². The van der Waals surface area contributed by atoms with Crippen molar-refractivity contribution in [3.05, 3.63) is 52.3 Å². The first-order chi connectivity index (χ1) is 11.1. The molecule has 0 fully saturated rings. The molecule has 2 aromatic rings. The predicted molar refractivity (Wildman–Crippen MR) is 95.8 cm³/mol. The molecule has 6 heteroatoms. The maximum absolute atomic E-state index is 11.9. The molecule has 0 saturated heterocycles. The molecule has 0 atom stereocenters. The summed E-state index contributed by atoms with van der Waals surface area (Å²) in [5, 5.41) is 6.92. The molecule has 0 unspecified atom stereocenters. The lowest BCUT2D eigenvalue weighted by molar-refractivity contribution is 0.0948. The Kier molecular flexibility index (Phi) is 6.68. The molecule has 2 rings (SSSR count). The van der Waals surface area contributed by atoms with Crippen molar-refractivity contribution >= 4 is 40.5 Å². The average molecular weight is 352 g/mol. The zero-order valence-corrected chi connectivity index (χ0v) is 14.4. The predicted octanol–water partition coefficient (Wildman–Crippen LogP) is 5.05. The summed E-state index contributed by atoms with van der Waals surface area (Å²) in [7, 11) is 0. The standard InChI is InChI=1S/C17H19Cl2N3O/c1-2-3-4-10-20-17(23)15-9-8-12(11-21-15)22-14-7-5-6-13(18)16(14)19/h5-9,11,22H,2-4,10H2,1H3,(H,20,23). The van der Waals surface area contributed by atoms with Crippen LogP contribution >= 0.6 is 23.2 Å². The topological polar surface area (TPSA) is 54.0 Å². The summed E-state index contributed by atoms with van der Waals surface area (Å²) in [6, 6.07) is 8.81. The maximum atomic E-state index is 11.9. The largest absolute Gasteiger partial charge is 0.353 e. The van der Waals surface area contributed by atoms with Gasteiger partial charge in [-0.05, 0) is 30.7 Å². The van der Waals surface area contributed by atoms with E-state index in [1.807, 2.05) is 12.1 Å². The van der Waals surface area contributed by atoms with Crippen molar-refractivity contribution in [2.24, 2.45) is 0 Å². The van der Waals surface area contributed by atoms with Crippen molar-refractivity contribution < 1.29 is 4.79 Å². The number of nitrogens with zero attached hydrogens (tertiary/aromatic N) is 1. The van der Waals surface area contributed by atoms with Crippen LogP contribution < -0.4 is 10.6 Å². The van der Waals surface area contributed by atoms with Gasteiger partial charge in [0.15, 0.2) is 0 Å². The number of carbonyl (C=O) groups excluding carboxylic acids is 1. The molecule has 0 aliphatic carbocycles. The van der Waals surface area contributed by atoms with Gasteiger partial charge in [0.2, 0.25) is 0 Å². The Balaban J connectivity index is 1.96. The Morgan fingerprint density at radius 1 is 1.17 bits per heavy atom. The SMILES string of the molecule is CCCCCNC(=O)c1ccc(Nc2cccc(Cl)c2Cl)cn1. The highest BCUT2D eigenvalue weighted by Gasteiger charge is 2.08. The lowest BCUT2D eigenvalue weighted by Gasteiger charge is -2.09. The van der Waals surface area contributed by atoms with Crippen molar-refractivity contribution in [3.63, 3.8) is 0 Å². The van der Waals surface area contributed by atoms with Crippen LogP contribution in [0.1, 0.15) is 36.7 Å². The molecule has 0 saturated carbocycles. The van der Waals surface area contributed by atoms with Crippen molar-refractivity contribution in [3.8, 4) is 0 Å². The van der Waals surface area contributed by atoms with Gasteiger partial charge >= 0.3 is 0 Å². The van der Waals surface area contributed by atoms with E-state index in [0.29, 0.717) is 28.0 Å². The number of hydrogen-bond acceptors (Lipinski definition) is 3. The zero-order chi connectivity index (χ0) is 16.7. The molecule has 122 valence electrons. The normalized spacial score (nSPS) is 10.4. The van der Waals surface area contributed by atoms with Gasteiger partial charge < -0.3 is 10.6 Å². The number of unbranched alkanes of at least 4 members (excludes halogenated alkanes) is 2. The third-order valence-electron chi connectivity index (χ3n) is 3.29. The van der Waals surface area contributed by atoms with Crippen molar-refractivity contribution in [1.29, 1.82) is 0 Å². The second kappa shape index (κ2) is 8.75. The van der Waals surface area contributed by atoms with E-state index in [1.165, 1.54) is 0 Å². The van der Waals surface area contributed by atoms with E-state index in [2.05, 4.69) is 22.5 Å². The molecular weight excluding hydrogens is 333 g/mol. The van der Waals surface area contributed by atoms with Gasteiger partial charge in [-0.3, -0.25) is 4.79 Å². The van der Waals surface area contributed by atoms with E-state index in [1.54, 1.807) is 24.4 Å². The van der Waals surface area contributed by atoms with Crippen LogP contribution in [0.3, 0.4) is 0 Å². The molecule has 0 aliphatic heterocycles. The zero-order valence-electron chi connectivity index (χ0n) is 12.9. The minimum atomic E-state index is -0.159. The van der Waals surface area contributed by atoms with Crippen molar-refractivity contribution in [2.45, 2.75) is 26.2 Å². The Hall–Kier alpha value is -1.78. The average Bonchev–Trinajstić information content (AvgIpc) is 2.56. The van der Waals surface area contributed by atoms with Gasteiger partial charge in [-0.1, -0.05) is 49.0 Å². The fourth-order valence-electron chi connectivity index (χ4n) is 2.03. The lowest BCUT2D eigenvalue weighted by Crippen LogP contribution is -2.25. The van der Waals surface area contributed by atoms with Gasteiger partial charge in [0.1, 0.15) is 5.69 Å². The van der Waals surface area contributed by atoms with Gasteiger partial charge in [-0.2, -0.15) is 0 Å². The number of carbonyl (C=O) groups is 1. The van der Waals surface area contributed by atoms with Gasteiger partial charge in [-0.25, -0.2) is 4.98 Å². The van der Waals surface area contributed by atoms with Gasteiger partial charge in [-0.15, -0.1) is 0 Å². The second-order valence-electron chi connectivity index (χ2n) is 5.12. The van der Waals surface area contributed by atoms with E-state index in [-0.39, 0.29) is 5.91 Å². The Bertz CT molecular complexity index is 659. The van der Waals surface area contributed by atoms with E-state index < -0.39 is 0 Å². The minimum absolute atomic E-state index is 0.159. The highest BCUT2D eigenvalue weighted by Crippen LogP contribution is 2.31. The monoisotopic (exact) mass is 351 g/mol. The number of hydrogen-bond donors (Lipinski definition) is 2. The van der Waals surface area contributed by atoms with Crippen LogP contribution in [0, 0.1) is 0 Å². The molecule has 0 radical (unpaired) electrons. The number of anilines is 2. The summed E-state index contributed by atoms with van der Waals surface area (Å²) < 4.78 is 0. The van der Waals surface area contributed by atoms with Crippen LogP contribution in [-0.2, 0) is 0 Å². The second-order valence-corrected chi connectivity index (χ2v) is 5.91. The van der Waals surface area contributed by atoms with Crippen LogP contribution in [0.15, 0.2) is 36.5 Å². The molecule has 23 heavy (non-hydrogen) atoms. The first kappa shape index (κ1) is 17.6. The molecule has 2 N–H and O–H groups in total. The highest BCUT2D eigenvalue weighted by molar-refractivity contribution is 6.43. The molecule has 1 amide bonds. The third-order valence-corrected chi connectivity index (χ3v) is 4.11. The Labute approximate surface area is 146 Å². The fraction of sp³-hybridized carbons (Fsp3) is 0.294. The van der Waals surface area contributed by atoms with Crippen LogP contribution in [0.2, 0.25) is 10.0 Å². The van der Waals surface area contributed by atoms with Gasteiger partial charge in [0.25, 0.3) is 5.91 Å². The Morgan fingerprint density at radius 2 is 2.00 bits per heavy atom. The smallest absolute Gasteiger partial charge is 0.269 e. The number of amides is 1. The third kappa shape index (κ3) is 5.12. The maximum Gasteiger partial charge on any atom is 0.269 e. The van der Waals surface area contributed by atoms with Crippen LogP contribution in [-0.4, -0.2) is 17.4 Å². The molecule has 1 aromatic carbocycles. The van der Waals surface area contributed by atoms with Crippen LogP contribution in [0.5, 0.6) is 0 Å². The summed E-state index contributed by atoms with van der Waals surface area (Å²) in [6.45, 7) is 2.80. The van der Waals surface area contributed by atoms with E-state index in [4.69, 9.17) is 23.2 Å². The highest BCUT2D eigenvalue weighted by atomic mass is 35.5.